The molecular weight excluding hydrogens is 276 g/mol. The van der Waals surface area contributed by atoms with Crippen LogP contribution < -0.4 is 10.6 Å². The van der Waals surface area contributed by atoms with Gasteiger partial charge < -0.3 is 15.4 Å². The van der Waals surface area contributed by atoms with Crippen LogP contribution in [0.4, 0.5) is 5.82 Å². The summed E-state index contributed by atoms with van der Waals surface area (Å²) in [7, 11) is 0. The van der Waals surface area contributed by atoms with Crippen molar-refractivity contribution in [1.29, 1.82) is 0 Å². The summed E-state index contributed by atoms with van der Waals surface area (Å²) in [6, 6.07) is 1.52. The van der Waals surface area contributed by atoms with E-state index in [1.165, 1.54) is 0 Å². The van der Waals surface area contributed by atoms with Crippen LogP contribution in [-0.4, -0.2) is 41.7 Å². The lowest BCUT2D eigenvalue weighted by molar-refractivity contribution is -0.121. The second-order valence-electron chi connectivity index (χ2n) is 4.64. The van der Waals surface area contributed by atoms with Gasteiger partial charge in [-0.25, -0.2) is 9.97 Å². The number of nitrogens with two attached hydrogens (primary N) is 1. The number of carbonyl (C=O) groups excluding carboxylic acids is 1. The minimum absolute atomic E-state index is 0.312. The average Bonchev–Trinajstić information content (AvgIpc) is 2.94. The molecule has 1 amide bonds. The van der Waals surface area contributed by atoms with Crippen molar-refractivity contribution in [3.05, 3.63) is 17.3 Å². The van der Waals surface area contributed by atoms with Gasteiger partial charge in [-0.15, -0.1) is 11.3 Å². The summed E-state index contributed by atoms with van der Waals surface area (Å²) in [4.78, 5) is 23.6. The maximum Gasteiger partial charge on any atom is 0.242 e. The zero-order chi connectivity index (χ0) is 14.1. The van der Waals surface area contributed by atoms with Crippen molar-refractivity contribution in [3.63, 3.8) is 0 Å². The second kappa shape index (κ2) is 5.34. The number of primary amides is 1. The van der Waals surface area contributed by atoms with Crippen LogP contribution in [0.2, 0.25) is 0 Å². The summed E-state index contributed by atoms with van der Waals surface area (Å²) in [5.74, 6) is 1.19. The first-order valence-electron chi connectivity index (χ1n) is 6.58. The Hall–Kier alpha value is -1.73. The molecule has 2 aromatic heterocycles. The van der Waals surface area contributed by atoms with Crippen LogP contribution in [0, 0.1) is 0 Å². The van der Waals surface area contributed by atoms with Gasteiger partial charge in [-0.3, -0.25) is 4.79 Å². The Morgan fingerprint density at radius 1 is 1.60 bits per heavy atom. The number of aromatic nitrogens is 2. The lowest BCUT2D eigenvalue weighted by atomic mass is 10.2. The van der Waals surface area contributed by atoms with Crippen LogP contribution in [-0.2, 0) is 16.0 Å². The molecule has 1 aliphatic heterocycles. The number of amides is 1. The molecule has 0 radical (unpaired) electrons. The van der Waals surface area contributed by atoms with Gasteiger partial charge in [0.2, 0.25) is 5.91 Å². The van der Waals surface area contributed by atoms with E-state index in [1.807, 2.05) is 23.3 Å². The molecule has 3 rings (SSSR count). The molecule has 2 aromatic rings. The highest BCUT2D eigenvalue weighted by atomic mass is 32.1. The topological polar surface area (TPSA) is 81.3 Å². The first-order chi connectivity index (χ1) is 9.70. The largest absolute Gasteiger partial charge is 0.377 e. The standard InChI is InChI=1S/C13H16N4O2S/c1-2-10-15-12(8-3-6-20-13(8)16-10)17-4-5-19-7-9(17)11(14)18/h3,6,9H,2,4-5,7H2,1H3,(H2,14,18)/t9-/m0/s1. The van der Waals surface area contributed by atoms with Gasteiger partial charge in [-0.2, -0.15) is 0 Å². The summed E-state index contributed by atoms with van der Waals surface area (Å²) in [6.45, 7) is 3.51. The van der Waals surface area contributed by atoms with Crippen molar-refractivity contribution in [2.24, 2.45) is 5.73 Å². The molecule has 1 aliphatic rings. The average molecular weight is 292 g/mol. The molecule has 2 N–H and O–H groups in total. The zero-order valence-corrected chi connectivity index (χ0v) is 12.0. The summed E-state index contributed by atoms with van der Waals surface area (Å²) < 4.78 is 5.36. The molecule has 1 fully saturated rings. The fourth-order valence-corrected chi connectivity index (χ4v) is 3.13. The third-order valence-electron chi connectivity index (χ3n) is 3.40. The first-order valence-corrected chi connectivity index (χ1v) is 7.46. The van der Waals surface area contributed by atoms with Crippen LogP contribution >= 0.6 is 11.3 Å². The Kier molecular flexibility index (Phi) is 3.54. The number of fused-ring (bicyclic) bond motifs is 1. The first kappa shape index (κ1) is 13.3. The van der Waals surface area contributed by atoms with Crippen molar-refractivity contribution in [2.45, 2.75) is 19.4 Å². The van der Waals surface area contributed by atoms with Crippen LogP contribution in [0.15, 0.2) is 11.4 Å². The lowest BCUT2D eigenvalue weighted by Gasteiger charge is -2.34. The molecule has 3 heterocycles. The number of thiophene rings is 1. The van der Waals surface area contributed by atoms with Gasteiger partial charge in [-0.1, -0.05) is 6.92 Å². The number of rotatable bonds is 3. The minimum atomic E-state index is -0.466. The van der Waals surface area contributed by atoms with Gasteiger partial charge >= 0.3 is 0 Å². The van der Waals surface area contributed by atoms with Crippen LogP contribution in [0.5, 0.6) is 0 Å². The molecule has 0 unspecified atom stereocenters. The van der Waals surface area contributed by atoms with Crippen molar-refractivity contribution in [3.8, 4) is 0 Å². The van der Waals surface area contributed by atoms with Crippen LogP contribution in [0.1, 0.15) is 12.7 Å². The number of hydrogen-bond acceptors (Lipinski definition) is 6. The fraction of sp³-hybridized carbons (Fsp3) is 0.462. The van der Waals surface area contributed by atoms with E-state index in [1.54, 1.807) is 11.3 Å². The van der Waals surface area contributed by atoms with Crippen molar-refractivity contribution >= 4 is 33.3 Å². The smallest absolute Gasteiger partial charge is 0.242 e. The van der Waals surface area contributed by atoms with Gasteiger partial charge in [0.25, 0.3) is 0 Å². The Labute approximate surface area is 120 Å². The molecule has 0 aliphatic carbocycles. The highest BCUT2D eigenvalue weighted by molar-refractivity contribution is 7.16. The van der Waals surface area contributed by atoms with Gasteiger partial charge in [0, 0.05) is 13.0 Å². The van der Waals surface area contributed by atoms with E-state index in [2.05, 4.69) is 9.97 Å². The summed E-state index contributed by atoms with van der Waals surface area (Å²) in [5, 5.41) is 2.96. The maximum absolute atomic E-state index is 11.6. The predicted molar refractivity (Wildman–Crippen MR) is 77.9 cm³/mol. The van der Waals surface area contributed by atoms with E-state index in [0.717, 1.165) is 28.3 Å². The van der Waals surface area contributed by atoms with Crippen molar-refractivity contribution in [2.75, 3.05) is 24.7 Å². The predicted octanol–water partition coefficient (Wildman–Crippen LogP) is 0.944. The number of morpholine rings is 1. The Morgan fingerprint density at radius 2 is 2.45 bits per heavy atom. The van der Waals surface area contributed by atoms with Crippen molar-refractivity contribution in [1.82, 2.24) is 9.97 Å². The number of nitrogens with zero attached hydrogens (tertiary/aromatic N) is 3. The fourth-order valence-electron chi connectivity index (χ4n) is 2.35. The quantitative estimate of drug-likeness (QED) is 0.910. The van der Waals surface area contributed by atoms with E-state index in [0.29, 0.717) is 19.8 Å². The monoisotopic (exact) mass is 292 g/mol. The Morgan fingerprint density at radius 3 is 3.20 bits per heavy atom. The minimum Gasteiger partial charge on any atom is -0.377 e. The molecule has 0 spiro atoms. The molecule has 106 valence electrons. The van der Waals surface area contributed by atoms with Gasteiger partial charge in [0.1, 0.15) is 22.5 Å². The Balaban J connectivity index is 2.11. The third kappa shape index (κ3) is 2.23. The van der Waals surface area contributed by atoms with Gasteiger partial charge in [0.05, 0.1) is 18.6 Å². The summed E-state index contributed by atoms with van der Waals surface area (Å²) >= 11 is 1.58. The highest BCUT2D eigenvalue weighted by Crippen LogP contribution is 2.30. The molecular formula is C13H16N4O2S. The summed E-state index contributed by atoms with van der Waals surface area (Å²) in [5.41, 5.74) is 5.48. The molecule has 7 heteroatoms. The van der Waals surface area contributed by atoms with E-state index >= 15 is 0 Å². The number of hydrogen-bond donors (Lipinski definition) is 1. The van der Waals surface area contributed by atoms with Gasteiger partial charge in [-0.05, 0) is 11.4 Å². The Bertz CT molecular complexity index is 642. The lowest BCUT2D eigenvalue weighted by Crippen LogP contribution is -2.53. The number of ether oxygens (including phenoxy) is 1. The molecule has 0 bridgehead atoms. The van der Waals surface area contributed by atoms with Gasteiger partial charge in [0.15, 0.2) is 0 Å². The number of carbonyl (C=O) groups is 1. The number of anilines is 1. The molecule has 0 aromatic carbocycles. The van der Waals surface area contributed by atoms with E-state index in [4.69, 9.17) is 10.5 Å². The normalized spacial score (nSPS) is 19.4. The van der Waals surface area contributed by atoms with Crippen LogP contribution in [0.3, 0.4) is 0 Å². The SMILES string of the molecule is CCc1nc(N2CCOC[C@H]2C(N)=O)c2ccsc2n1. The summed E-state index contributed by atoms with van der Waals surface area (Å²) in [6.07, 6.45) is 0.756. The highest BCUT2D eigenvalue weighted by Gasteiger charge is 2.30. The molecule has 0 saturated carbocycles. The maximum atomic E-state index is 11.6. The van der Waals surface area contributed by atoms with E-state index in [9.17, 15) is 4.79 Å². The second-order valence-corrected chi connectivity index (χ2v) is 5.54. The molecule has 1 atom stereocenters. The zero-order valence-electron chi connectivity index (χ0n) is 11.2. The van der Waals surface area contributed by atoms with E-state index < -0.39 is 6.04 Å². The third-order valence-corrected chi connectivity index (χ3v) is 4.20. The number of aryl methyl sites for hydroxylation is 1. The van der Waals surface area contributed by atoms with Crippen LogP contribution in [0.25, 0.3) is 10.2 Å². The molecule has 6 nitrogen and oxygen atoms in total. The van der Waals surface area contributed by atoms with Crippen molar-refractivity contribution < 1.29 is 9.53 Å². The van der Waals surface area contributed by atoms with E-state index in [-0.39, 0.29) is 5.91 Å². The molecule has 20 heavy (non-hydrogen) atoms. The molecule has 1 saturated heterocycles.